The molecule has 2 aromatic carbocycles. The summed E-state index contributed by atoms with van der Waals surface area (Å²) in [6.45, 7) is 5.82. The molecule has 8 nitrogen and oxygen atoms in total. The minimum atomic E-state index is -3.69. The van der Waals surface area contributed by atoms with Gasteiger partial charge in [0.1, 0.15) is 5.75 Å². The van der Waals surface area contributed by atoms with Crippen LogP contribution in [-0.4, -0.2) is 83.1 Å². The van der Waals surface area contributed by atoms with E-state index in [0.29, 0.717) is 58.0 Å². The van der Waals surface area contributed by atoms with Gasteiger partial charge < -0.3 is 19.3 Å². The molecule has 172 valence electrons. The number of sulfonamides is 1. The number of ether oxygens (including phenoxy) is 2. The molecule has 9 heteroatoms. The molecule has 2 heterocycles. The minimum Gasteiger partial charge on any atom is -0.497 e. The van der Waals surface area contributed by atoms with E-state index in [9.17, 15) is 13.2 Å². The van der Waals surface area contributed by atoms with Crippen LogP contribution in [0, 0.1) is 6.92 Å². The quantitative estimate of drug-likeness (QED) is 0.681. The lowest BCUT2D eigenvalue weighted by Crippen LogP contribution is -2.48. The van der Waals surface area contributed by atoms with E-state index in [0.717, 1.165) is 17.0 Å². The molecule has 0 radical (unpaired) electrons. The van der Waals surface area contributed by atoms with Crippen molar-refractivity contribution in [3.05, 3.63) is 53.6 Å². The molecular formula is C23H29N3O5S. The highest BCUT2D eigenvalue weighted by atomic mass is 32.2. The smallest absolute Gasteiger partial charge is 0.254 e. The molecule has 2 aromatic rings. The first-order chi connectivity index (χ1) is 15.4. The number of methoxy groups -OCH3 is 1. The molecule has 0 atom stereocenters. The molecule has 2 fully saturated rings. The highest BCUT2D eigenvalue weighted by Gasteiger charge is 2.30. The van der Waals surface area contributed by atoms with Crippen molar-refractivity contribution in [2.75, 3.05) is 64.5 Å². The number of rotatable bonds is 5. The standard InChI is InChI=1S/C23H29N3O5S/c1-18-3-8-21(17-22(18)23(27)25-13-15-31-16-14-25)32(28,29)26-11-9-24(10-12-26)19-4-6-20(30-2)7-5-19/h3-8,17H,9-16H2,1-2H3. The summed E-state index contributed by atoms with van der Waals surface area (Å²) in [5.41, 5.74) is 2.24. The van der Waals surface area contributed by atoms with Gasteiger partial charge in [-0.05, 0) is 48.9 Å². The lowest BCUT2D eigenvalue weighted by atomic mass is 10.1. The van der Waals surface area contributed by atoms with Gasteiger partial charge in [-0.2, -0.15) is 4.31 Å². The van der Waals surface area contributed by atoms with E-state index < -0.39 is 10.0 Å². The first kappa shape index (κ1) is 22.6. The van der Waals surface area contributed by atoms with E-state index in [1.165, 1.54) is 10.4 Å². The number of aryl methyl sites for hydroxylation is 1. The van der Waals surface area contributed by atoms with Gasteiger partial charge in [-0.3, -0.25) is 4.79 Å². The molecule has 0 bridgehead atoms. The first-order valence-electron chi connectivity index (χ1n) is 10.8. The van der Waals surface area contributed by atoms with Crippen LogP contribution in [0.2, 0.25) is 0 Å². The zero-order valence-electron chi connectivity index (χ0n) is 18.5. The van der Waals surface area contributed by atoms with Crippen molar-refractivity contribution < 1.29 is 22.7 Å². The number of benzene rings is 2. The van der Waals surface area contributed by atoms with Crippen LogP contribution >= 0.6 is 0 Å². The number of morpholine rings is 1. The highest BCUT2D eigenvalue weighted by Crippen LogP contribution is 2.25. The Labute approximate surface area is 189 Å². The molecule has 0 unspecified atom stereocenters. The maximum atomic E-state index is 13.3. The number of carbonyl (C=O) groups excluding carboxylic acids is 1. The molecule has 0 spiro atoms. The Hall–Kier alpha value is -2.62. The summed E-state index contributed by atoms with van der Waals surface area (Å²) < 4.78 is 38.7. The SMILES string of the molecule is COc1ccc(N2CCN(S(=O)(=O)c3ccc(C)c(C(=O)N4CCOCC4)c3)CC2)cc1. The number of anilines is 1. The number of piperazine rings is 1. The van der Waals surface area contributed by atoms with Crippen molar-refractivity contribution in [1.29, 1.82) is 0 Å². The number of hydrogen-bond donors (Lipinski definition) is 0. The Kier molecular flexibility index (Phi) is 6.68. The van der Waals surface area contributed by atoms with Crippen molar-refractivity contribution in [3.63, 3.8) is 0 Å². The van der Waals surface area contributed by atoms with Crippen molar-refractivity contribution in [2.24, 2.45) is 0 Å². The molecule has 4 rings (SSSR count). The fourth-order valence-corrected chi connectivity index (χ4v) is 5.51. The Morgan fingerprint density at radius 2 is 1.59 bits per heavy atom. The number of nitrogens with zero attached hydrogens (tertiary/aromatic N) is 3. The normalized spacial score (nSPS) is 17.9. The van der Waals surface area contributed by atoms with Gasteiger partial charge in [0.25, 0.3) is 5.91 Å². The van der Waals surface area contributed by atoms with Gasteiger partial charge in [0.05, 0.1) is 25.2 Å². The Balaban J connectivity index is 1.48. The van der Waals surface area contributed by atoms with E-state index in [-0.39, 0.29) is 10.8 Å². The Bertz CT molecular complexity index is 1060. The van der Waals surface area contributed by atoms with Crippen molar-refractivity contribution in [2.45, 2.75) is 11.8 Å². The van der Waals surface area contributed by atoms with Gasteiger partial charge in [0.15, 0.2) is 0 Å². The van der Waals surface area contributed by atoms with Gasteiger partial charge in [0, 0.05) is 50.5 Å². The number of amides is 1. The predicted octanol–water partition coefficient (Wildman–Crippen LogP) is 1.99. The summed E-state index contributed by atoms with van der Waals surface area (Å²) in [6, 6.07) is 12.6. The molecule has 2 saturated heterocycles. The first-order valence-corrected chi connectivity index (χ1v) is 12.2. The molecule has 0 aromatic heterocycles. The van der Waals surface area contributed by atoms with Crippen LogP contribution in [-0.2, 0) is 14.8 Å². The van der Waals surface area contributed by atoms with Gasteiger partial charge >= 0.3 is 0 Å². The highest BCUT2D eigenvalue weighted by molar-refractivity contribution is 7.89. The summed E-state index contributed by atoms with van der Waals surface area (Å²) in [5.74, 6) is 0.643. The molecule has 2 aliphatic heterocycles. The largest absolute Gasteiger partial charge is 0.497 e. The summed E-state index contributed by atoms with van der Waals surface area (Å²) in [5, 5.41) is 0. The average molecular weight is 460 g/mol. The van der Waals surface area contributed by atoms with Crippen LogP contribution in [0.4, 0.5) is 5.69 Å². The fourth-order valence-electron chi connectivity index (χ4n) is 4.06. The molecule has 0 N–H and O–H groups in total. The van der Waals surface area contributed by atoms with Gasteiger partial charge in [-0.25, -0.2) is 8.42 Å². The molecule has 0 saturated carbocycles. The van der Waals surface area contributed by atoms with Crippen LogP contribution in [0.15, 0.2) is 47.4 Å². The van der Waals surface area contributed by atoms with Crippen LogP contribution in [0.1, 0.15) is 15.9 Å². The monoisotopic (exact) mass is 459 g/mol. The van der Waals surface area contributed by atoms with Crippen LogP contribution < -0.4 is 9.64 Å². The van der Waals surface area contributed by atoms with Crippen LogP contribution in [0.3, 0.4) is 0 Å². The Morgan fingerprint density at radius 1 is 0.938 bits per heavy atom. The van der Waals surface area contributed by atoms with Crippen molar-refractivity contribution in [3.8, 4) is 5.75 Å². The zero-order chi connectivity index (χ0) is 22.7. The topological polar surface area (TPSA) is 79.4 Å². The third-order valence-corrected chi connectivity index (χ3v) is 7.95. The second kappa shape index (κ2) is 9.48. The maximum absolute atomic E-state index is 13.3. The molecule has 1 amide bonds. The van der Waals surface area contributed by atoms with E-state index in [1.807, 2.05) is 31.2 Å². The van der Waals surface area contributed by atoms with Gasteiger partial charge in [-0.15, -0.1) is 0 Å². The van der Waals surface area contributed by atoms with Crippen molar-refractivity contribution in [1.82, 2.24) is 9.21 Å². The number of carbonyl (C=O) groups is 1. The second-order valence-electron chi connectivity index (χ2n) is 7.97. The minimum absolute atomic E-state index is 0.146. The van der Waals surface area contributed by atoms with Gasteiger partial charge in [0.2, 0.25) is 10.0 Å². The Morgan fingerprint density at radius 3 is 2.22 bits per heavy atom. The summed E-state index contributed by atoms with van der Waals surface area (Å²) in [4.78, 5) is 17.0. The summed E-state index contributed by atoms with van der Waals surface area (Å²) >= 11 is 0. The lowest BCUT2D eigenvalue weighted by Gasteiger charge is -2.35. The third kappa shape index (κ3) is 4.60. The summed E-state index contributed by atoms with van der Waals surface area (Å²) in [7, 11) is -2.06. The van der Waals surface area contributed by atoms with E-state index in [4.69, 9.17) is 9.47 Å². The maximum Gasteiger partial charge on any atom is 0.254 e. The van der Waals surface area contributed by atoms with E-state index in [1.54, 1.807) is 24.1 Å². The predicted molar refractivity (Wildman–Crippen MR) is 122 cm³/mol. The fraction of sp³-hybridized carbons (Fsp3) is 0.435. The van der Waals surface area contributed by atoms with Crippen molar-refractivity contribution >= 4 is 21.6 Å². The lowest BCUT2D eigenvalue weighted by molar-refractivity contribution is 0.0302. The third-order valence-electron chi connectivity index (χ3n) is 6.05. The van der Waals surface area contributed by atoms with Gasteiger partial charge in [-0.1, -0.05) is 6.07 Å². The van der Waals surface area contributed by atoms with Crippen LogP contribution in [0.25, 0.3) is 0 Å². The molecule has 32 heavy (non-hydrogen) atoms. The molecule has 0 aliphatic carbocycles. The van der Waals surface area contributed by atoms with Crippen LogP contribution in [0.5, 0.6) is 5.75 Å². The van der Waals surface area contributed by atoms with E-state index in [2.05, 4.69) is 4.90 Å². The zero-order valence-corrected chi connectivity index (χ0v) is 19.3. The molecule has 2 aliphatic rings. The average Bonchev–Trinajstić information content (AvgIpc) is 2.84. The molecular weight excluding hydrogens is 430 g/mol. The summed E-state index contributed by atoms with van der Waals surface area (Å²) in [6.07, 6.45) is 0. The van der Waals surface area contributed by atoms with E-state index >= 15 is 0 Å². The number of hydrogen-bond acceptors (Lipinski definition) is 6. The second-order valence-corrected chi connectivity index (χ2v) is 9.91.